The topological polar surface area (TPSA) is 104 Å². The summed E-state index contributed by atoms with van der Waals surface area (Å²) in [7, 11) is 0. The monoisotopic (exact) mass is 390 g/mol. The second kappa shape index (κ2) is 5.66. The highest BCUT2D eigenvalue weighted by Crippen LogP contribution is 2.28. The van der Waals surface area contributed by atoms with Gasteiger partial charge in [-0.2, -0.15) is 0 Å². The molecule has 6 nitrogen and oxygen atoms in total. The van der Waals surface area contributed by atoms with Crippen LogP contribution in [0.5, 0.6) is 0 Å². The van der Waals surface area contributed by atoms with Crippen LogP contribution in [0.1, 0.15) is 12.0 Å². The summed E-state index contributed by atoms with van der Waals surface area (Å²) < 4.78 is 1.01. The Labute approximate surface area is 129 Å². The van der Waals surface area contributed by atoms with Crippen molar-refractivity contribution in [3.8, 4) is 0 Å². The summed E-state index contributed by atoms with van der Waals surface area (Å²) in [6.07, 6.45) is -0.0823. The molecule has 1 aromatic rings. The first kappa shape index (κ1) is 15.2. The van der Waals surface area contributed by atoms with Gasteiger partial charge in [0.1, 0.15) is 11.6 Å². The Morgan fingerprint density at radius 2 is 2.05 bits per heavy atom. The van der Waals surface area contributed by atoms with Crippen LogP contribution in [0.25, 0.3) is 0 Å². The number of carboxylic acid groups (broad SMARTS) is 2. The van der Waals surface area contributed by atoms with Gasteiger partial charge in [0, 0.05) is 23.1 Å². The van der Waals surface area contributed by atoms with E-state index in [0.29, 0.717) is 6.54 Å². The number of nitrogens with two attached hydrogens (primary N) is 1. The van der Waals surface area contributed by atoms with Gasteiger partial charge in [0.05, 0.1) is 0 Å². The summed E-state index contributed by atoms with van der Waals surface area (Å²) >= 11 is 2.17. The van der Waals surface area contributed by atoms with Crippen molar-refractivity contribution in [2.24, 2.45) is 5.73 Å². The van der Waals surface area contributed by atoms with E-state index in [1.807, 2.05) is 24.3 Å². The number of carboxylic acids is 2. The van der Waals surface area contributed by atoms with Crippen LogP contribution in [0.4, 0.5) is 0 Å². The van der Waals surface area contributed by atoms with Crippen LogP contribution < -0.4 is 5.73 Å². The minimum Gasteiger partial charge on any atom is -0.480 e. The molecular weight excluding hydrogens is 375 g/mol. The quantitative estimate of drug-likeness (QED) is 0.655. The Kier molecular flexibility index (Phi) is 4.31. The normalized spacial score (nSPS) is 26.6. The van der Waals surface area contributed by atoms with Crippen molar-refractivity contribution in [1.29, 1.82) is 0 Å². The van der Waals surface area contributed by atoms with Crippen LogP contribution >= 0.6 is 22.6 Å². The molecule has 20 heavy (non-hydrogen) atoms. The number of rotatable bonds is 4. The van der Waals surface area contributed by atoms with Gasteiger partial charge in [-0.1, -0.05) is 18.2 Å². The predicted octanol–water partition coefficient (Wildman–Crippen LogP) is 0.732. The third kappa shape index (κ3) is 2.94. The number of hydrogen-bond donors (Lipinski definition) is 3. The number of nitrogens with zero attached hydrogens (tertiary/aromatic N) is 1. The highest BCUT2D eigenvalue weighted by atomic mass is 127. The van der Waals surface area contributed by atoms with E-state index < -0.39 is 23.5 Å². The van der Waals surface area contributed by atoms with Crippen molar-refractivity contribution in [3.63, 3.8) is 0 Å². The fourth-order valence-corrected chi connectivity index (χ4v) is 2.98. The number of benzene rings is 1. The molecule has 0 saturated carbocycles. The van der Waals surface area contributed by atoms with Crippen LogP contribution in [0.15, 0.2) is 24.3 Å². The average molecular weight is 390 g/mol. The van der Waals surface area contributed by atoms with Crippen molar-refractivity contribution >= 4 is 34.5 Å². The lowest BCUT2D eigenvalue weighted by atomic mass is 9.98. The third-order valence-electron chi connectivity index (χ3n) is 3.53. The molecule has 1 aliphatic heterocycles. The first-order valence-corrected chi connectivity index (χ1v) is 7.14. The second-order valence-corrected chi connectivity index (χ2v) is 6.18. The van der Waals surface area contributed by atoms with Crippen molar-refractivity contribution < 1.29 is 19.8 Å². The molecule has 108 valence electrons. The van der Waals surface area contributed by atoms with Crippen molar-refractivity contribution in [1.82, 2.24) is 4.90 Å². The van der Waals surface area contributed by atoms with Crippen LogP contribution in [-0.4, -0.2) is 45.2 Å². The van der Waals surface area contributed by atoms with E-state index >= 15 is 0 Å². The molecule has 0 radical (unpaired) electrons. The molecule has 7 heteroatoms. The van der Waals surface area contributed by atoms with Gasteiger partial charge in [-0.15, -0.1) is 0 Å². The smallest absolute Gasteiger partial charge is 0.325 e. The number of hydrogen-bond acceptors (Lipinski definition) is 4. The SMILES string of the molecule is N[C@]1(C(=O)O)C[C@H](C(=O)O)N(Cc2ccccc2I)C1. The Balaban J connectivity index is 2.23. The molecule has 1 fully saturated rings. The zero-order chi connectivity index (χ0) is 14.9. The van der Waals surface area contributed by atoms with E-state index in [1.54, 1.807) is 4.90 Å². The van der Waals surface area contributed by atoms with Gasteiger partial charge in [0.15, 0.2) is 0 Å². The molecule has 1 aliphatic rings. The first-order valence-electron chi connectivity index (χ1n) is 6.06. The first-order chi connectivity index (χ1) is 9.33. The second-order valence-electron chi connectivity index (χ2n) is 5.02. The summed E-state index contributed by atoms with van der Waals surface area (Å²) in [6.45, 7) is 0.409. The minimum absolute atomic E-state index is 0.0320. The summed E-state index contributed by atoms with van der Waals surface area (Å²) in [5, 5.41) is 18.4. The summed E-state index contributed by atoms with van der Waals surface area (Å²) in [5.41, 5.74) is 5.28. The zero-order valence-corrected chi connectivity index (χ0v) is 12.8. The summed E-state index contributed by atoms with van der Waals surface area (Å²) in [6, 6.07) is 6.73. The van der Waals surface area contributed by atoms with E-state index in [-0.39, 0.29) is 13.0 Å². The van der Waals surface area contributed by atoms with E-state index in [2.05, 4.69) is 22.6 Å². The number of likely N-dealkylation sites (tertiary alicyclic amines) is 1. The van der Waals surface area contributed by atoms with Crippen LogP contribution in [0.3, 0.4) is 0 Å². The summed E-state index contributed by atoms with van der Waals surface area (Å²) in [4.78, 5) is 24.1. The molecule has 0 spiro atoms. The Morgan fingerprint density at radius 3 is 2.60 bits per heavy atom. The van der Waals surface area contributed by atoms with Crippen LogP contribution in [0, 0.1) is 3.57 Å². The maximum Gasteiger partial charge on any atom is 0.325 e. The lowest BCUT2D eigenvalue weighted by Crippen LogP contribution is -2.50. The van der Waals surface area contributed by atoms with E-state index in [0.717, 1.165) is 9.13 Å². The highest BCUT2D eigenvalue weighted by Gasteiger charge is 2.49. The van der Waals surface area contributed by atoms with Gasteiger partial charge in [-0.3, -0.25) is 14.5 Å². The molecule has 1 heterocycles. The minimum atomic E-state index is -1.50. The summed E-state index contributed by atoms with van der Waals surface area (Å²) in [5.74, 6) is -2.20. The molecule has 1 aromatic carbocycles. The van der Waals surface area contributed by atoms with Gasteiger partial charge in [-0.25, -0.2) is 0 Å². The number of carbonyl (C=O) groups is 2. The third-order valence-corrected chi connectivity index (χ3v) is 4.58. The van der Waals surface area contributed by atoms with E-state index in [4.69, 9.17) is 10.8 Å². The molecule has 0 aliphatic carbocycles. The lowest BCUT2D eigenvalue weighted by Gasteiger charge is -2.22. The molecule has 0 bridgehead atoms. The van der Waals surface area contributed by atoms with Gasteiger partial charge in [0.2, 0.25) is 0 Å². The largest absolute Gasteiger partial charge is 0.480 e. The Morgan fingerprint density at radius 1 is 1.40 bits per heavy atom. The Bertz CT molecular complexity index is 551. The molecular formula is C13H15IN2O4. The number of halogens is 1. The molecule has 0 aromatic heterocycles. The van der Waals surface area contributed by atoms with Crippen molar-refractivity contribution in [3.05, 3.63) is 33.4 Å². The molecule has 0 amide bonds. The van der Waals surface area contributed by atoms with Crippen molar-refractivity contribution in [2.45, 2.75) is 24.5 Å². The Hall–Kier alpha value is -1.19. The van der Waals surface area contributed by atoms with Crippen LogP contribution in [-0.2, 0) is 16.1 Å². The van der Waals surface area contributed by atoms with Gasteiger partial charge < -0.3 is 15.9 Å². The standard InChI is InChI=1S/C13H15IN2O4/c14-9-4-2-1-3-8(9)6-16-7-13(15,12(19)20)5-10(16)11(17)18/h1-4,10H,5-7,15H2,(H,17,18)(H,19,20)/t10-,13-/m1/s1. The maximum atomic E-state index is 11.3. The zero-order valence-electron chi connectivity index (χ0n) is 10.6. The fraction of sp³-hybridized carbons (Fsp3) is 0.385. The van der Waals surface area contributed by atoms with Gasteiger partial charge in [0.25, 0.3) is 0 Å². The molecule has 2 atom stereocenters. The van der Waals surface area contributed by atoms with Gasteiger partial charge in [-0.05, 0) is 34.2 Å². The highest BCUT2D eigenvalue weighted by molar-refractivity contribution is 14.1. The van der Waals surface area contributed by atoms with E-state index in [9.17, 15) is 14.7 Å². The van der Waals surface area contributed by atoms with Gasteiger partial charge >= 0.3 is 11.9 Å². The van der Waals surface area contributed by atoms with Crippen molar-refractivity contribution in [2.75, 3.05) is 6.54 Å². The fourth-order valence-electron chi connectivity index (χ4n) is 2.42. The lowest BCUT2D eigenvalue weighted by molar-refractivity contribution is -0.142. The molecule has 1 saturated heterocycles. The molecule has 4 N–H and O–H groups in total. The van der Waals surface area contributed by atoms with E-state index in [1.165, 1.54) is 0 Å². The number of aliphatic carboxylic acids is 2. The molecule has 0 unspecified atom stereocenters. The van der Waals surface area contributed by atoms with Crippen LogP contribution in [0.2, 0.25) is 0 Å². The average Bonchev–Trinajstić information content (AvgIpc) is 2.71. The predicted molar refractivity (Wildman–Crippen MR) is 80.2 cm³/mol. The maximum absolute atomic E-state index is 11.3. The molecule has 2 rings (SSSR count).